The van der Waals surface area contributed by atoms with E-state index in [-0.39, 0.29) is 29.5 Å². The van der Waals surface area contributed by atoms with Crippen molar-refractivity contribution in [3.05, 3.63) is 29.6 Å². The summed E-state index contributed by atoms with van der Waals surface area (Å²) in [5.74, 6) is -1.19. The quantitative estimate of drug-likeness (QED) is 0.738. The minimum Gasteiger partial charge on any atom is -0.477 e. The Hall–Kier alpha value is -1.95. The molecule has 0 fully saturated rings. The highest BCUT2D eigenvalue weighted by Gasteiger charge is 2.18. The van der Waals surface area contributed by atoms with Gasteiger partial charge in [-0.25, -0.2) is 9.78 Å². The number of amides is 1. The smallest absolute Gasteiger partial charge is 0.354 e. The van der Waals surface area contributed by atoms with E-state index in [1.165, 1.54) is 12.3 Å². The SMILES string of the molecule is CC(C)(C)CC(N)CC(=O)NCc1ccc(C(=O)O)nc1. The van der Waals surface area contributed by atoms with Gasteiger partial charge < -0.3 is 16.2 Å². The molecule has 0 aliphatic heterocycles. The molecule has 0 bridgehead atoms. The first-order chi connectivity index (χ1) is 9.67. The van der Waals surface area contributed by atoms with Crippen LogP contribution in [0.4, 0.5) is 0 Å². The van der Waals surface area contributed by atoms with Gasteiger partial charge in [-0.2, -0.15) is 0 Å². The van der Waals surface area contributed by atoms with Crippen LogP contribution in [0.25, 0.3) is 0 Å². The van der Waals surface area contributed by atoms with Crippen LogP contribution in [0, 0.1) is 5.41 Å². The minimum atomic E-state index is -1.07. The summed E-state index contributed by atoms with van der Waals surface area (Å²) >= 11 is 0. The Morgan fingerprint density at radius 3 is 2.52 bits per heavy atom. The fraction of sp³-hybridized carbons (Fsp3) is 0.533. The molecule has 0 aliphatic carbocycles. The lowest BCUT2D eigenvalue weighted by Gasteiger charge is -2.22. The molecule has 116 valence electrons. The number of hydrogen-bond acceptors (Lipinski definition) is 4. The molecule has 0 spiro atoms. The van der Waals surface area contributed by atoms with Crippen LogP contribution in [-0.2, 0) is 11.3 Å². The van der Waals surface area contributed by atoms with Gasteiger partial charge in [-0.15, -0.1) is 0 Å². The van der Waals surface area contributed by atoms with E-state index < -0.39 is 5.97 Å². The van der Waals surface area contributed by atoms with Crippen molar-refractivity contribution in [3.8, 4) is 0 Å². The fourth-order valence-electron chi connectivity index (χ4n) is 2.03. The fourth-order valence-corrected chi connectivity index (χ4v) is 2.03. The number of rotatable bonds is 6. The molecule has 1 atom stereocenters. The number of nitrogens with two attached hydrogens (primary N) is 1. The van der Waals surface area contributed by atoms with E-state index in [4.69, 9.17) is 10.8 Å². The van der Waals surface area contributed by atoms with Crippen LogP contribution in [0.15, 0.2) is 18.3 Å². The number of hydrogen-bond donors (Lipinski definition) is 3. The van der Waals surface area contributed by atoms with Crippen LogP contribution in [0.5, 0.6) is 0 Å². The Morgan fingerprint density at radius 2 is 2.05 bits per heavy atom. The zero-order chi connectivity index (χ0) is 16.0. The Kier molecular flexibility index (Phi) is 5.84. The van der Waals surface area contributed by atoms with Crippen molar-refractivity contribution in [1.82, 2.24) is 10.3 Å². The van der Waals surface area contributed by atoms with Crippen LogP contribution in [0.1, 0.15) is 49.7 Å². The van der Waals surface area contributed by atoms with E-state index in [9.17, 15) is 9.59 Å². The van der Waals surface area contributed by atoms with Crippen LogP contribution < -0.4 is 11.1 Å². The normalized spacial score (nSPS) is 12.8. The number of carboxylic acids is 1. The van der Waals surface area contributed by atoms with Crippen molar-refractivity contribution in [2.24, 2.45) is 11.1 Å². The van der Waals surface area contributed by atoms with Gasteiger partial charge >= 0.3 is 5.97 Å². The third kappa shape index (κ3) is 6.85. The van der Waals surface area contributed by atoms with Gasteiger partial charge in [0, 0.05) is 25.2 Å². The highest BCUT2D eigenvalue weighted by atomic mass is 16.4. The van der Waals surface area contributed by atoms with E-state index >= 15 is 0 Å². The number of carbonyl (C=O) groups excluding carboxylic acids is 1. The Balaban J connectivity index is 2.41. The average molecular weight is 293 g/mol. The zero-order valence-corrected chi connectivity index (χ0v) is 12.7. The maximum atomic E-state index is 11.8. The summed E-state index contributed by atoms with van der Waals surface area (Å²) in [6, 6.07) is 2.87. The van der Waals surface area contributed by atoms with Gasteiger partial charge in [-0.1, -0.05) is 26.8 Å². The number of nitrogens with zero attached hydrogens (tertiary/aromatic N) is 1. The lowest BCUT2D eigenvalue weighted by atomic mass is 9.87. The van der Waals surface area contributed by atoms with Crippen LogP contribution in [0.3, 0.4) is 0 Å². The molecule has 0 aromatic carbocycles. The van der Waals surface area contributed by atoms with Crippen molar-refractivity contribution >= 4 is 11.9 Å². The third-order valence-corrected chi connectivity index (χ3v) is 2.86. The summed E-state index contributed by atoms with van der Waals surface area (Å²) in [4.78, 5) is 26.2. The summed E-state index contributed by atoms with van der Waals surface area (Å²) in [5.41, 5.74) is 6.77. The molecule has 0 saturated carbocycles. The van der Waals surface area contributed by atoms with E-state index in [0.29, 0.717) is 6.54 Å². The first-order valence-corrected chi connectivity index (χ1v) is 6.88. The molecule has 6 nitrogen and oxygen atoms in total. The molecule has 4 N–H and O–H groups in total. The standard InChI is InChI=1S/C15H23N3O3/c1-15(2,3)7-11(16)6-13(19)18-9-10-4-5-12(14(20)21)17-8-10/h4-5,8,11H,6-7,9,16H2,1-3H3,(H,18,19)(H,20,21). The molecule has 0 radical (unpaired) electrons. The number of aromatic carboxylic acids is 1. The Morgan fingerprint density at radius 1 is 1.38 bits per heavy atom. The monoisotopic (exact) mass is 293 g/mol. The Labute approximate surface area is 124 Å². The molecule has 1 unspecified atom stereocenters. The largest absolute Gasteiger partial charge is 0.477 e. The molecule has 1 amide bonds. The molecule has 1 aromatic rings. The second-order valence-corrected chi connectivity index (χ2v) is 6.36. The van der Waals surface area contributed by atoms with Crippen LogP contribution >= 0.6 is 0 Å². The van der Waals surface area contributed by atoms with Gasteiger partial charge in [0.2, 0.25) is 5.91 Å². The number of nitrogens with one attached hydrogen (secondary N) is 1. The second-order valence-electron chi connectivity index (χ2n) is 6.36. The highest BCUT2D eigenvalue weighted by molar-refractivity contribution is 5.85. The van der Waals surface area contributed by atoms with E-state index in [1.54, 1.807) is 6.07 Å². The molecule has 1 rings (SSSR count). The first-order valence-electron chi connectivity index (χ1n) is 6.88. The third-order valence-electron chi connectivity index (χ3n) is 2.86. The highest BCUT2D eigenvalue weighted by Crippen LogP contribution is 2.20. The summed E-state index contributed by atoms with van der Waals surface area (Å²) < 4.78 is 0. The van der Waals surface area contributed by atoms with Gasteiger partial charge in [-0.3, -0.25) is 4.79 Å². The van der Waals surface area contributed by atoms with Gasteiger partial charge in [0.25, 0.3) is 0 Å². The van der Waals surface area contributed by atoms with E-state index in [0.717, 1.165) is 12.0 Å². The molecular weight excluding hydrogens is 270 g/mol. The van der Waals surface area contributed by atoms with Gasteiger partial charge in [0.1, 0.15) is 5.69 Å². The van der Waals surface area contributed by atoms with Gasteiger partial charge in [0.15, 0.2) is 0 Å². The molecule has 21 heavy (non-hydrogen) atoms. The summed E-state index contributed by atoms with van der Waals surface area (Å²) in [6.45, 7) is 6.56. The lowest BCUT2D eigenvalue weighted by molar-refractivity contribution is -0.121. The molecule has 1 aromatic heterocycles. The van der Waals surface area contributed by atoms with Crippen LogP contribution in [0.2, 0.25) is 0 Å². The maximum Gasteiger partial charge on any atom is 0.354 e. The molecule has 0 aliphatic rings. The first kappa shape index (κ1) is 17.1. The van der Waals surface area contributed by atoms with E-state index in [2.05, 4.69) is 31.1 Å². The van der Waals surface area contributed by atoms with E-state index in [1.807, 2.05) is 0 Å². The van der Waals surface area contributed by atoms with Crippen molar-refractivity contribution < 1.29 is 14.7 Å². The number of carboxylic acid groups (broad SMARTS) is 1. The molecular formula is C15H23N3O3. The average Bonchev–Trinajstić information content (AvgIpc) is 2.34. The second kappa shape index (κ2) is 7.17. The van der Waals surface area contributed by atoms with Gasteiger partial charge in [-0.05, 0) is 23.5 Å². The van der Waals surface area contributed by atoms with Crippen LogP contribution in [-0.4, -0.2) is 28.0 Å². The summed E-state index contributed by atoms with van der Waals surface area (Å²) in [5, 5.41) is 11.5. The zero-order valence-electron chi connectivity index (χ0n) is 12.7. The molecule has 6 heteroatoms. The van der Waals surface area contributed by atoms with Crippen molar-refractivity contribution in [1.29, 1.82) is 0 Å². The topological polar surface area (TPSA) is 105 Å². The predicted molar refractivity (Wildman–Crippen MR) is 79.7 cm³/mol. The number of pyridine rings is 1. The van der Waals surface area contributed by atoms with Gasteiger partial charge in [0.05, 0.1) is 0 Å². The van der Waals surface area contributed by atoms with Crippen molar-refractivity contribution in [2.45, 2.75) is 46.2 Å². The predicted octanol–water partition coefficient (Wildman–Crippen LogP) is 1.55. The Bertz CT molecular complexity index is 492. The number of carbonyl (C=O) groups is 2. The maximum absolute atomic E-state index is 11.8. The minimum absolute atomic E-state index is 0.0164. The lowest BCUT2D eigenvalue weighted by Crippen LogP contribution is -2.34. The number of aromatic nitrogens is 1. The summed E-state index contributed by atoms with van der Waals surface area (Å²) in [6.07, 6.45) is 2.49. The molecule has 0 saturated heterocycles. The van der Waals surface area contributed by atoms with Crippen molar-refractivity contribution in [2.75, 3.05) is 0 Å². The molecule has 1 heterocycles. The van der Waals surface area contributed by atoms with Crippen molar-refractivity contribution in [3.63, 3.8) is 0 Å². The summed E-state index contributed by atoms with van der Waals surface area (Å²) in [7, 11) is 0.